The van der Waals surface area contributed by atoms with Crippen molar-refractivity contribution in [2.45, 2.75) is 78.6 Å². The molecule has 1 aliphatic heterocycles. The second-order valence-electron chi connectivity index (χ2n) is 25.4. The van der Waals surface area contributed by atoms with Gasteiger partial charge >= 0.3 is 0 Å². The number of ether oxygens (including phenoxy) is 1. The summed E-state index contributed by atoms with van der Waals surface area (Å²) in [5.41, 5.74) is 24.3. The van der Waals surface area contributed by atoms with Gasteiger partial charge in [-0.05, 0) is 169 Å². The van der Waals surface area contributed by atoms with Crippen LogP contribution in [0.2, 0.25) is 0 Å². The van der Waals surface area contributed by atoms with Gasteiger partial charge in [-0.3, -0.25) is 0 Å². The van der Waals surface area contributed by atoms with Crippen LogP contribution in [0.5, 0.6) is 11.5 Å². The van der Waals surface area contributed by atoms with Gasteiger partial charge in [0.15, 0.2) is 0 Å². The van der Waals surface area contributed by atoms with E-state index in [9.17, 15) is 0 Å². The zero-order valence-electron chi connectivity index (χ0n) is 51.6. The van der Waals surface area contributed by atoms with Gasteiger partial charge in [-0.15, -0.1) is 0 Å². The van der Waals surface area contributed by atoms with E-state index in [4.69, 9.17) is 4.74 Å². The van der Waals surface area contributed by atoms with Crippen molar-refractivity contribution in [1.29, 1.82) is 0 Å². The molecule has 0 N–H and O–H groups in total. The third-order valence-electron chi connectivity index (χ3n) is 17.1. The van der Waals surface area contributed by atoms with Crippen LogP contribution in [0.25, 0.3) is 61.2 Å². The summed E-state index contributed by atoms with van der Waals surface area (Å²) in [6.45, 7) is 24.7. The van der Waals surface area contributed by atoms with Crippen LogP contribution in [0.15, 0.2) is 292 Å². The van der Waals surface area contributed by atoms with E-state index in [0.717, 1.165) is 79.0 Å². The van der Waals surface area contributed by atoms with E-state index in [0.29, 0.717) is 0 Å². The highest BCUT2D eigenvalue weighted by atomic mass is 16.5. The quantitative estimate of drug-likeness (QED) is 0.101. The Balaban J connectivity index is 0.948. The average molecular weight is 1130 g/mol. The Kier molecular flexibility index (Phi) is 15.7. The fourth-order valence-corrected chi connectivity index (χ4v) is 12.1. The fraction of sp³-hybridized carbons (Fsp3) is 0.143. The van der Waals surface area contributed by atoms with Crippen LogP contribution in [0.3, 0.4) is 0 Å². The molecule has 0 atom stereocenters. The molecule has 0 unspecified atom stereocenters. The van der Waals surface area contributed by atoms with Crippen LogP contribution in [-0.4, -0.2) is 0 Å². The van der Waals surface area contributed by atoms with Crippen molar-refractivity contribution in [2.75, 3.05) is 9.80 Å². The van der Waals surface area contributed by atoms with Crippen LogP contribution in [0.4, 0.5) is 34.1 Å². The Morgan fingerprint density at radius 1 is 0.379 bits per heavy atom. The Hall–Kier alpha value is -9.96. The third-order valence-corrected chi connectivity index (χ3v) is 17.1. The highest BCUT2D eigenvalue weighted by Gasteiger charge is 2.40. The lowest BCUT2D eigenvalue weighted by Crippen LogP contribution is -2.27. The second-order valence-corrected chi connectivity index (χ2v) is 25.4. The van der Waals surface area contributed by atoms with Gasteiger partial charge in [-0.2, -0.15) is 0 Å². The molecular formula is C84H76N2O. The molecule has 1 heterocycles. The van der Waals surface area contributed by atoms with Crippen molar-refractivity contribution in [1.82, 2.24) is 0 Å². The van der Waals surface area contributed by atoms with Gasteiger partial charge in [0.05, 0.1) is 0 Å². The molecule has 0 saturated carbocycles. The van der Waals surface area contributed by atoms with Gasteiger partial charge < -0.3 is 14.5 Å². The summed E-state index contributed by atoms with van der Waals surface area (Å²) in [7, 11) is 0. The van der Waals surface area contributed by atoms with Crippen LogP contribution in [0.1, 0.15) is 90.1 Å². The number of hydrogen-bond acceptors (Lipinski definition) is 3. The SMILES string of the molecule is C=C/C=C(\C=C/C)c1ccc(N(c2ccc(-c3ccccc3)cc2)c2ccc(-c3cc(C(C)(C)C)cc4c3Oc3c(-c5ccc(N(c6ccc(-c7ccccc7)cc6)c6ccc(-c7ccccc7)cc6)cc5)cc(C(C)(C)C)cc3C4(C)C)cc2)cc1. The van der Waals surface area contributed by atoms with Gasteiger partial charge in [0, 0.05) is 61.8 Å². The highest BCUT2D eigenvalue weighted by Crippen LogP contribution is 2.56. The highest BCUT2D eigenvalue weighted by molar-refractivity contribution is 5.87. The minimum absolute atomic E-state index is 0.132. The molecule has 0 amide bonds. The van der Waals surface area contributed by atoms with Crippen LogP contribution in [-0.2, 0) is 16.2 Å². The molecule has 428 valence electrons. The summed E-state index contributed by atoms with van der Waals surface area (Å²) in [6.07, 6.45) is 8.10. The topological polar surface area (TPSA) is 15.7 Å². The Morgan fingerprint density at radius 2 is 0.667 bits per heavy atom. The summed E-state index contributed by atoms with van der Waals surface area (Å²) in [5.74, 6) is 1.79. The number of nitrogens with zero attached hydrogens (tertiary/aromatic N) is 2. The van der Waals surface area contributed by atoms with Crippen molar-refractivity contribution < 1.29 is 4.74 Å². The molecule has 11 aromatic carbocycles. The Bertz CT molecular complexity index is 4190. The zero-order chi connectivity index (χ0) is 60.5. The van der Waals surface area contributed by atoms with Crippen LogP contribution >= 0.6 is 0 Å². The first-order valence-electron chi connectivity index (χ1n) is 30.4. The Morgan fingerprint density at radius 3 is 0.954 bits per heavy atom. The number of anilines is 6. The van der Waals surface area contributed by atoms with Gasteiger partial charge in [0.25, 0.3) is 0 Å². The largest absolute Gasteiger partial charge is 0.455 e. The molecule has 3 heteroatoms. The lowest BCUT2D eigenvalue weighted by Gasteiger charge is -2.39. The van der Waals surface area contributed by atoms with Crippen molar-refractivity contribution >= 4 is 39.7 Å². The molecule has 0 aromatic heterocycles. The standard InChI is InChI=1S/C84H76N2O/c1-11-22-58(23-12-2)62-30-42-70(43-31-62)85(71-44-32-63(33-45-71)59-24-16-13-17-25-59)74-50-38-66(39-51-74)76-54-68(82(3,4)5)56-78-80(76)87-81-77(55-69(83(6,7)8)57-79(81)84(78,9)10)67-40-52-75(53-41-67)86(72-46-34-64(35-47-72)60-26-18-14-19-27-60)73-48-36-65(37-49-73)61-28-20-15-21-29-61/h11-57H,1H2,2-10H3/b23-12-,58-22+. The molecule has 11 aromatic rings. The summed E-state index contributed by atoms with van der Waals surface area (Å²) >= 11 is 0. The van der Waals surface area contributed by atoms with Crippen molar-refractivity contribution in [3.05, 3.63) is 320 Å². The van der Waals surface area contributed by atoms with Crippen LogP contribution < -0.4 is 14.5 Å². The minimum atomic E-state index is -0.425. The molecular weight excluding hydrogens is 1050 g/mol. The van der Waals surface area contributed by atoms with Gasteiger partial charge in [0.1, 0.15) is 11.5 Å². The third kappa shape index (κ3) is 11.8. The average Bonchev–Trinajstić information content (AvgIpc) is 0.938. The van der Waals surface area contributed by atoms with E-state index in [-0.39, 0.29) is 10.8 Å². The zero-order valence-corrected chi connectivity index (χ0v) is 51.6. The summed E-state index contributed by atoms with van der Waals surface area (Å²) in [4.78, 5) is 4.70. The van der Waals surface area contributed by atoms with Gasteiger partial charge in [-0.25, -0.2) is 0 Å². The molecule has 0 saturated heterocycles. The molecule has 0 bridgehead atoms. The Labute approximate surface area is 516 Å². The van der Waals surface area contributed by atoms with Crippen molar-refractivity contribution in [3.8, 4) is 67.1 Å². The van der Waals surface area contributed by atoms with Gasteiger partial charge in [-0.1, -0.05) is 262 Å². The maximum atomic E-state index is 7.62. The van der Waals surface area contributed by atoms with E-state index >= 15 is 0 Å². The van der Waals surface area contributed by atoms with E-state index in [1.807, 2.05) is 13.0 Å². The van der Waals surface area contributed by atoms with Gasteiger partial charge in [0.2, 0.25) is 0 Å². The fourth-order valence-electron chi connectivity index (χ4n) is 12.1. The lowest BCUT2D eigenvalue weighted by atomic mass is 9.70. The first-order valence-corrected chi connectivity index (χ1v) is 30.4. The molecule has 0 aliphatic carbocycles. The van der Waals surface area contributed by atoms with Crippen molar-refractivity contribution in [2.24, 2.45) is 0 Å². The smallest absolute Gasteiger partial charge is 0.139 e. The van der Waals surface area contributed by atoms with E-state index < -0.39 is 5.41 Å². The van der Waals surface area contributed by atoms with Crippen LogP contribution in [0, 0.1) is 0 Å². The predicted octanol–water partition coefficient (Wildman–Crippen LogP) is 24.1. The maximum Gasteiger partial charge on any atom is 0.139 e. The molecule has 1 aliphatic rings. The van der Waals surface area contributed by atoms with E-state index in [2.05, 4.69) is 351 Å². The number of rotatable bonds is 14. The van der Waals surface area contributed by atoms with E-state index in [1.165, 1.54) is 55.6 Å². The molecule has 0 radical (unpaired) electrons. The van der Waals surface area contributed by atoms with Crippen molar-refractivity contribution in [3.63, 3.8) is 0 Å². The molecule has 0 fully saturated rings. The second kappa shape index (κ2) is 23.8. The van der Waals surface area contributed by atoms with E-state index in [1.54, 1.807) is 0 Å². The first kappa shape index (κ1) is 57.5. The molecule has 87 heavy (non-hydrogen) atoms. The molecule has 0 spiro atoms. The predicted molar refractivity (Wildman–Crippen MR) is 372 cm³/mol. The number of allylic oxidation sites excluding steroid dienone is 5. The molecule has 3 nitrogen and oxygen atoms in total. The minimum Gasteiger partial charge on any atom is -0.455 e. The number of hydrogen-bond donors (Lipinski definition) is 0. The number of fused-ring (bicyclic) bond motifs is 2. The molecule has 12 rings (SSSR count). The summed E-state index contributed by atoms with van der Waals surface area (Å²) in [6, 6.07) is 95.1. The monoisotopic (exact) mass is 1130 g/mol. The number of benzene rings is 11. The lowest BCUT2D eigenvalue weighted by molar-refractivity contribution is 0.418. The maximum absolute atomic E-state index is 7.62. The summed E-state index contributed by atoms with van der Waals surface area (Å²) < 4.78 is 7.62. The first-order chi connectivity index (χ1) is 42.0. The normalized spacial score (nSPS) is 12.9. The summed E-state index contributed by atoms with van der Waals surface area (Å²) in [5, 5.41) is 0.